The molecule has 0 bridgehead atoms. The van der Waals surface area contributed by atoms with Crippen LogP contribution in [0.2, 0.25) is 0 Å². The van der Waals surface area contributed by atoms with Gasteiger partial charge in [0, 0.05) is 19.9 Å². The maximum atomic E-state index is 12.4. The first kappa shape index (κ1) is 41.5. The van der Waals surface area contributed by atoms with Gasteiger partial charge in [-0.1, -0.05) is 136 Å². The predicted octanol–water partition coefficient (Wildman–Crippen LogP) is 10.6. The van der Waals surface area contributed by atoms with Gasteiger partial charge in [-0.05, 0) is 25.7 Å². The Kier molecular flexibility index (Phi) is 25.4. The summed E-state index contributed by atoms with van der Waals surface area (Å²) in [5.41, 5.74) is -2.58. The molecule has 0 aliphatic heterocycles. The number of carboxylic acid groups (broad SMARTS) is 1. The van der Waals surface area contributed by atoms with E-state index < -0.39 is 17.2 Å². The molecule has 8 heteroatoms. The molecular weight excluding hydrogens is 550 g/mol. The minimum absolute atomic E-state index is 0.00866. The van der Waals surface area contributed by atoms with Gasteiger partial charge in [-0.2, -0.15) is 10.4 Å². The van der Waals surface area contributed by atoms with Crippen LogP contribution >= 0.6 is 0 Å². The number of carbonyl (C=O) groups excluding carboxylic acids is 1. The number of hydrogen-bond acceptors (Lipinski definition) is 5. The normalized spacial score (nSPS) is 14.8. The highest BCUT2D eigenvalue weighted by Crippen LogP contribution is 2.25. The highest BCUT2D eigenvalue weighted by Gasteiger charge is 2.33. The second-order valence-corrected chi connectivity index (χ2v) is 13.4. The molecular formula is C36H65N5O3. The number of unbranched alkanes of at least 4 members (excludes halogenated alkanes) is 18. The van der Waals surface area contributed by atoms with E-state index >= 15 is 0 Å². The molecule has 1 amide bonds. The number of rotatable bonds is 30. The molecule has 0 saturated carbocycles. The third-order valence-corrected chi connectivity index (χ3v) is 8.57. The van der Waals surface area contributed by atoms with Crippen molar-refractivity contribution in [2.24, 2.45) is 16.1 Å². The van der Waals surface area contributed by atoms with Gasteiger partial charge >= 0.3 is 11.6 Å². The second-order valence-electron chi connectivity index (χ2n) is 13.4. The molecule has 0 aromatic carbocycles. The summed E-state index contributed by atoms with van der Waals surface area (Å²) in [5.74, 6) is -0.736. The summed E-state index contributed by atoms with van der Waals surface area (Å²) in [7, 11) is 0. The molecule has 0 aliphatic rings. The van der Waals surface area contributed by atoms with E-state index in [1.165, 1.54) is 129 Å². The van der Waals surface area contributed by atoms with Crippen LogP contribution in [0.1, 0.15) is 182 Å². The van der Waals surface area contributed by atoms with Crippen molar-refractivity contribution in [3.05, 3.63) is 11.4 Å². The van der Waals surface area contributed by atoms with Gasteiger partial charge in [0.05, 0.1) is 18.9 Å². The van der Waals surface area contributed by atoms with Gasteiger partial charge < -0.3 is 10.4 Å². The Hall–Kier alpha value is -2.48. The number of nitriles is 1. The predicted molar refractivity (Wildman–Crippen MR) is 180 cm³/mol. The van der Waals surface area contributed by atoms with E-state index in [0.717, 1.165) is 6.42 Å². The SMILES string of the molecule is [C-]#[N+]C(C)(CCC(=O)O)N=NC(C)(C#N)CCC(=O)NCC(C)CCCCCCCCCCCCCCCCCCCCC. The van der Waals surface area contributed by atoms with Crippen LogP contribution in [0, 0.1) is 23.8 Å². The van der Waals surface area contributed by atoms with Crippen molar-refractivity contribution in [3.8, 4) is 6.07 Å². The van der Waals surface area contributed by atoms with Crippen LogP contribution in [0.4, 0.5) is 0 Å². The van der Waals surface area contributed by atoms with Crippen molar-refractivity contribution >= 4 is 11.9 Å². The van der Waals surface area contributed by atoms with E-state index in [4.69, 9.17) is 11.7 Å². The summed E-state index contributed by atoms with van der Waals surface area (Å²) in [6.07, 6.45) is 27.4. The van der Waals surface area contributed by atoms with Crippen molar-refractivity contribution in [3.63, 3.8) is 0 Å². The maximum Gasteiger partial charge on any atom is 0.338 e. The zero-order chi connectivity index (χ0) is 32.9. The van der Waals surface area contributed by atoms with Gasteiger partial charge in [0.2, 0.25) is 5.91 Å². The Balaban J connectivity index is 3.80. The fraction of sp³-hybridized carbons (Fsp3) is 0.889. The molecule has 0 radical (unpaired) electrons. The van der Waals surface area contributed by atoms with Gasteiger partial charge in [0.25, 0.3) is 0 Å². The van der Waals surface area contributed by atoms with Crippen LogP contribution in [0.15, 0.2) is 10.2 Å². The van der Waals surface area contributed by atoms with Crippen molar-refractivity contribution in [1.82, 2.24) is 5.32 Å². The van der Waals surface area contributed by atoms with Crippen molar-refractivity contribution < 1.29 is 14.7 Å². The highest BCUT2D eigenvalue weighted by atomic mass is 16.4. The monoisotopic (exact) mass is 616 g/mol. The number of amides is 1. The van der Waals surface area contributed by atoms with Crippen LogP contribution in [0.25, 0.3) is 4.85 Å². The minimum Gasteiger partial charge on any atom is -0.481 e. The van der Waals surface area contributed by atoms with Crippen LogP contribution in [-0.2, 0) is 9.59 Å². The molecule has 0 rings (SSSR count). The van der Waals surface area contributed by atoms with Crippen LogP contribution in [0.5, 0.6) is 0 Å². The van der Waals surface area contributed by atoms with Crippen LogP contribution in [0.3, 0.4) is 0 Å². The molecule has 3 atom stereocenters. The largest absolute Gasteiger partial charge is 0.481 e. The lowest BCUT2D eigenvalue weighted by atomic mass is 9.98. The Bertz CT molecular complexity index is 865. The molecule has 0 aromatic rings. The van der Waals surface area contributed by atoms with Crippen molar-refractivity contribution in [1.29, 1.82) is 5.26 Å². The molecule has 3 unspecified atom stereocenters. The number of azo groups is 1. The summed E-state index contributed by atoms with van der Waals surface area (Å²) in [6.45, 7) is 15.5. The lowest BCUT2D eigenvalue weighted by molar-refractivity contribution is -0.137. The quantitative estimate of drug-likeness (QED) is 0.0474. The lowest BCUT2D eigenvalue weighted by Gasteiger charge is -2.17. The lowest BCUT2D eigenvalue weighted by Crippen LogP contribution is -2.30. The summed E-state index contributed by atoms with van der Waals surface area (Å²) in [6, 6.07) is 2.08. The number of aliphatic carboxylic acids is 1. The Labute approximate surface area is 270 Å². The molecule has 0 aromatic heterocycles. The van der Waals surface area contributed by atoms with E-state index in [9.17, 15) is 14.9 Å². The van der Waals surface area contributed by atoms with E-state index in [0.29, 0.717) is 12.5 Å². The van der Waals surface area contributed by atoms with E-state index in [1.54, 1.807) is 6.92 Å². The summed E-state index contributed by atoms with van der Waals surface area (Å²) in [5, 5.41) is 29.5. The highest BCUT2D eigenvalue weighted by molar-refractivity contribution is 5.76. The molecule has 0 saturated heterocycles. The number of nitrogens with zero attached hydrogens (tertiary/aromatic N) is 4. The molecule has 44 heavy (non-hydrogen) atoms. The summed E-state index contributed by atoms with van der Waals surface area (Å²) >= 11 is 0. The molecule has 0 spiro atoms. The average molecular weight is 616 g/mol. The van der Waals surface area contributed by atoms with Gasteiger partial charge in [-0.25, -0.2) is 6.57 Å². The first-order valence-corrected chi connectivity index (χ1v) is 17.8. The van der Waals surface area contributed by atoms with Gasteiger partial charge in [-0.15, -0.1) is 5.11 Å². The number of carboxylic acids is 1. The Morgan fingerprint density at radius 1 is 0.795 bits per heavy atom. The molecule has 2 N–H and O–H groups in total. The molecule has 0 aliphatic carbocycles. The third-order valence-electron chi connectivity index (χ3n) is 8.57. The van der Waals surface area contributed by atoms with Crippen LogP contribution in [-0.4, -0.2) is 34.7 Å². The fourth-order valence-corrected chi connectivity index (χ4v) is 5.23. The molecule has 0 heterocycles. The molecule has 252 valence electrons. The van der Waals surface area contributed by atoms with Crippen molar-refractivity contribution in [2.45, 2.75) is 193 Å². The molecule has 0 fully saturated rings. The number of nitrogens with one attached hydrogen (secondary N) is 1. The Morgan fingerprint density at radius 2 is 1.25 bits per heavy atom. The Morgan fingerprint density at radius 3 is 1.66 bits per heavy atom. The van der Waals surface area contributed by atoms with Crippen LogP contribution < -0.4 is 5.32 Å². The third kappa shape index (κ3) is 24.9. The van der Waals surface area contributed by atoms with E-state index in [2.05, 4.69) is 40.3 Å². The first-order chi connectivity index (χ1) is 21.1. The fourth-order valence-electron chi connectivity index (χ4n) is 5.23. The number of carbonyl (C=O) groups is 2. The standard InChI is InChI=1S/C36H65N5O3/c1-6-7-8-9-10-11-12-13-14-15-16-17-18-19-20-21-22-23-24-25-32(2)30-39-33(42)26-28-35(3,31-37)40-41-36(4,38-5)29-27-34(43)44/h32H,6-30H2,1-4H3,(H,39,42)(H,43,44). The zero-order valence-electron chi connectivity index (χ0n) is 28.8. The average Bonchev–Trinajstić information content (AvgIpc) is 3.02. The minimum atomic E-state index is -1.33. The first-order valence-electron chi connectivity index (χ1n) is 17.8. The second kappa shape index (κ2) is 26.9. The van der Waals surface area contributed by atoms with Gasteiger partial charge in [0.1, 0.15) is 0 Å². The zero-order valence-corrected chi connectivity index (χ0v) is 28.8. The summed E-state index contributed by atoms with van der Waals surface area (Å²) < 4.78 is 0. The topological polar surface area (TPSA) is 119 Å². The summed E-state index contributed by atoms with van der Waals surface area (Å²) in [4.78, 5) is 26.6. The maximum absolute atomic E-state index is 12.4. The number of hydrogen-bond donors (Lipinski definition) is 2. The van der Waals surface area contributed by atoms with E-state index in [1.807, 2.05) is 0 Å². The smallest absolute Gasteiger partial charge is 0.338 e. The van der Waals surface area contributed by atoms with Gasteiger partial charge in [0.15, 0.2) is 5.54 Å². The van der Waals surface area contributed by atoms with Gasteiger partial charge in [-0.3, -0.25) is 14.4 Å². The van der Waals surface area contributed by atoms with Crippen molar-refractivity contribution in [2.75, 3.05) is 6.54 Å². The molecule has 8 nitrogen and oxygen atoms in total. The van der Waals surface area contributed by atoms with E-state index in [-0.39, 0.29) is 31.6 Å².